The van der Waals surface area contributed by atoms with Gasteiger partial charge in [0.1, 0.15) is 18.9 Å². The molecule has 0 aliphatic heterocycles. The summed E-state index contributed by atoms with van der Waals surface area (Å²) in [7, 11) is -4.04. The Labute approximate surface area is 204 Å². The van der Waals surface area contributed by atoms with Crippen molar-refractivity contribution in [2.45, 2.75) is 18.7 Å². The van der Waals surface area contributed by atoms with E-state index in [9.17, 15) is 13.2 Å². The summed E-state index contributed by atoms with van der Waals surface area (Å²) in [5, 5.41) is 3.22. The third-order valence-electron chi connectivity index (χ3n) is 4.77. The van der Waals surface area contributed by atoms with Crippen molar-refractivity contribution in [1.82, 2.24) is 5.32 Å². The molecule has 0 aromatic heterocycles. The smallest absolute Gasteiger partial charge is 0.264 e. The van der Waals surface area contributed by atoms with E-state index in [2.05, 4.69) is 5.32 Å². The molecular formula is C24H24Cl2N2O4S. The molecule has 0 saturated heterocycles. The molecule has 33 heavy (non-hydrogen) atoms. The molecule has 3 aromatic carbocycles. The minimum absolute atomic E-state index is 0.0482. The van der Waals surface area contributed by atoms with Gasteiger partial charge in [0.05, 0.1) is 17.1 Å². The van der Waals surface area contributed by atoms with Crippen LogP contribution in [-0.2, 0) is 14.8 Å². The fraction of sp³-hybridized carbons (Fsp3) is 0.208. The van der Waals surface area contributed by atoms with Gasteiger partial charge in [0, 0.05) is 10.0 Å². The van der Waals surface area contributed by atoms with E-state index in [1.165, 1.54) is 30.3 Å². The number of sulfonamides is 1. The zero-order valence-electron chi connectivity index (χ0n) is 18.2. The van der Waals surface area contributed by atoms with Crippen LogP contribution in [0.1, 0.15) is 11.1 Å². The van der Waals surface area contributed by atoms with Crippen LogP contribution in [0.3, 0.4) is 0 Å². The molecule has 1 amide bonds. The summed E-state index contributed by atoms with van der Waals surface area (Å²) in [6, 6.07) is 18.1. The summed E-state index contributed by atoms with van der Waals surface area (Å²) in [5.41, 5.74) is 2.33. The van der Waals surface area contributed by atoms with Crippen LogP contribution >= 0.6 is 23.2 Å². The molecule has 0 radical (unpaired) electrons. The number of nitrogens with zero attached hydrogens (tertiary/aromatic N) is 1. The van der Waals surface area contributed by atoms with Crippen molar-refractivity contribution in [3.63, 3.8) is 0 Å². The van der Waals surface area contributed by atoms with E-state index in [1.807, 2.05) is 32.0 Å². The van der Waals surface area contributed by atoms with Gasteiger partial charge in [-0.1, -0.05) is 59.1 Å². The Morgan fingerprint density at radius 2 is 1.64 bits per heavy atom. The second kappa shape index (κ2) is 10.9. The Kier molecular flexibility index (Phi) is 8.24. The number of aryl methyl sites for hydroxylation is 2. The number of amides is 1. The quantitative estimate of drug-likeness (QED) is 0.414. The SMILES string of the molecule is Cc1ccc(OCCNC(=O)CN(c2cc(Cl)cc(Cl)c2)S(=O)(=O)c2ccccc2)c(C)c1. The first-order chi connectivity index (χ1) is 15.7. The van der Waals surface area contributed by atoms with Gasteiger partial charge in [0.15, 0.2) is 0 Å². The minimum Gasteiger partial charge on any atom is -0.491 e. The fourth-order valence-corrected chi connectivity index (χ4v) is 5.16. The number of nitrogens with one attached hydrogen (secondary N) is 1. The monoisotopic (exact) mass is 506 g/mol. The molecule has 174 valence electrons. The lowest BCUT2D eigenvalue weighted by molar-refractivity contribution is -0.119. The number of halogens is 2. The first kappa shape index (κ1) is 24.9. The molecular weight excluding hydrogens is 483 g/mol. The highest BCUT2D eigenvalue weighted by molar-refractivity contribution is 7.92. The van der Waals surface area contributed by atoms with Crippen LogP contribution < -0.4 is 14.4 Å². The Hall–Kier alpha value is -2.74. The Balaban J connectivity index is 1.72. The van der Waals surface area contributed by atoms with Crippen LogP contribution in [0.25, 0.3) is 0 Å². The van der Waals surface area contributed by atoms with Crippen molar-refractivity contribution in [1.29, 1.82) is 0 Å². The van der Waals surface area contributed by atoms with Crippen LogP contribution in [0.5, 0.6) is 5.75 Å². The third-order valence-corrected chi connectivity index (χ3v) is 6.99. The molecule has 3 rings (SSSR count). The molecule has 6 nitrogen and oxygen atoms in total. The van der Waals surface area contributed by atoms with E-state index in [1.54, 1.807) is 18.2 Å². The lowest BCUT2D eigenvalue weighted by Gasteiger charge is -2.24. The standard InChI is InChI=1S/C24H24Cl2N2O4S/c1-17-8-9-23(18(2)12-17)32-11-10-27-24(29)16-28(21-14-19(25)13-20(26)15-21)33(30,31)22-6-4-3-5-7-22/h3-9,12-15H,10-11,16H2,1-2H3,(H,27,29). The van der Waals surface area contributed by atoms with Crippen molar-refractivity contribution >= 4 is 44.8 Å². The Morgan fingerprint density at radius 1 is 0.970 bits per heavy atom. The summed E-state index contributed by atoms with van der Waals surface area (Å²) < 4.78 is 33.3. The van der Waals surface area contributed by atoms with E-state index in [-0.39, 0.29) is 33.8 Å². The first-order valence-electron chi connectivity index (χ1n) is 10.2. The summed E-state index contributed by atoms with van der Waals surface area (Å²) in [6.45, 7) is 3.95. The van der Waals surface area contributed by atoms with Crippen molar-refractivity contribution in [2.75, 3.05) is 24.0 Å². The highest BCUT2D eigenvalue weighted by atomic mass is 35.5. The summed E-state index contributed by atoms with van der Waals surface area (Å²) in [6.07, 6.45) is 0. The van der Waals surface area contributed by atoms with E-state index in [0.29, 0.717) is 0 Å². The normalized spacial score (nSPS) is 11.2. The van der Waals surface area contributed by atoms with Crippen molar-refractivity contribution in [3.8, 4) is 5.75 Å². The van der Waals surface area contributed by atoms with Gasteiger partial charge in [0.2, 0.25) is 5.91 Å². The van der Waals surface area contributed by atoms with Gasteiger partial charge in [0.25, 0.3) is 10.0 Å². The van der Waals surface area contributed by atoms with Crippen LogP contribution in [0.15, 0.2) is 71.6 Å². The average molecular weight is 507 g/mol. The molecule has 0 bridgehead atoms. The highest BCUT2D eigenvalue weighted by Gasteiger charge is 2.27. The summed E-state index contributed by atoms with van der Waals surface area (Å²) >= 11 is 12.2. The van der Waals surface area contributed by atoms with Crippen molar-refractivity contribution in [2.24, 2.45) is 0 Å². The van der Waals surface area contributed by atoms with Gasteiger partial charge in [-0.15, -0.1) is 0 Å². The molecule has 0 fully saturated rings. The predicted molar refractivity (Wildman–Crippen MR) is 132 cm³/mol. The summed E-state index contributed by atoms with van der Waals surface area (Å²) in [5.74, 6) is 0.242. The zero-order chi connectivity index (χ0) is 24.0. The number of hydrogen-bond acceptors (Lipinski definition) is 4. The van der Waals surface area contributed by atoms with Gasteiger partial charge >= 0.3 is 0 Å². The van der Waals surface area contributed by atoms with E-state index >= 15 is 0 Å². The third kappa shape index (κ3) is 6.63. The maximum absolute atomic E-state index is 13.3. The van der Waals surface area contributed by atoms with E-state index in [4.69, 9.17) is 27.9 Å². The summed E-state index contributed by atoms with van der Waals surface area (Å²) in [4.78, 5) is 12.7. The maximum Gasteiger partial charge on any atom is 0.264 e. The first-order valence-corrected chi connectivity index (χ1v) is 12.4. The second-order valence-corrected chi connectivity index (χ2v) is 10.2. The lowest BCUT2D eigenvalue weighted by atomic mass is 10.1. The molecule has 0 unspecified atom stereocenters. The minimum atomic E-state index is -4.04. The van der Waals surface area contributed by atoms with Crippen LogP contribution in [0.2, 0.25) is 10.0 Å². The van der Waals surface area contributed by atoms with Gasteiger partial charge in [-0.05, 0) is 55.8 Å². The second-order valence-electron chi connectivity index (χ2n) is 7.42. The van der Waals surface area contributed by atoms with E-state index in [0.717, 1.165) is 21.2 Å². The number of carbonyl (C=O) groups excluding carboxylic acids is 1. The maximum atomic E-state index is 13.3. The van der Waals surface area contributed by atoms with Gasteiger partial charge in [-0.3, -0.25) is 9.10 Å². The van der Waals surface area contributed by atoms with Crippen LogP contribution in [0, 0.1) is 13.8 Å². The number of hydrogen-bond donors (Lipinski definition) is 1. The van der Waals surface area contributed by atoms with Crippen LogP contribution in [-0.4, -0.2) is 34.0 Å². The lowest BCUT2D eigenvalue weighted by Crippen LogP contribution is -2.42. The molecule has 0 spiro atoms. The Morgan fingerprint density at radius 3 is 2.27 bits per heavy atom. The largest absolute Gasteiger partial charge is 0.491 e. The average Bonchev–Trinajstić information content (AvgIpc) is 2.76. The van der Waals surface area contributed by atoms with Crippen LogP contribution in [0.4, 0.5) is 5.69 Å². The number of anilines is 1. The van der Waals surface area contributed by atoms with Gasteiger partial charge in [-0.2, -0.15) is 0 Å². The fourth-order valence-electron chi connectivity index (χ4n) is 3.22. The molecule has 9 heteroatoms. The number of ether oxygens (including phenoxy) is 1. The molecule has 1 N–H and O–H groups in total. The zero-order valence-corrected chi connectivity index (χ0v) is 20.5. The number of benzene rings is 3. The molecule has 0 atom stereocenters. The predicted octanol–water partition coefficient (Wildman–Crippen LogP) is 5.00. The molecule has 0 heterocycles. The topological polar surface area (TPSA) is 75.7 Å². The molecule has 0 aliphatic carbocycles. The van der Waals surface area contributed by atoms with Gasteiger partial charge < -0.3 is 10.1 Å². The highest BCUT2D eigenvalue weighted by Crippen LogP contribution is 2.29. The van der Waals surface area contributed by atoms with Crippen molar-refractivity contribution in [3.05, 3.63) is 87.9 Å². The van der Waals surface area contributed by atoms with E-state index < -0.39 is 22.5 Å². The Bertz CT molecular complexity index is 1210. The van der Waals surface area contributed by atoms with Crippen molar-refractivity contribution < 1.29 is 17.9 Å². The van der Waals surface area contributed by atoms with Gasteiger partial charge in [-0.25, -0.2) is 8.42 Å². The number of rotatable bonds is 9. The molecule has 0 aliphatic rings. The molecule has 0 saturated carbocycles. The molecule has 3 aromatic rings. The number of carbonyl (C=O) groups is 1.